The van der Waals surface area contributed by atoms with Gasteiger partial charge in [0.1, 0.15) is 12.3 Å². The minimum Gasteiger partial charge on any atom is -0.491 e. The molecule has 0 aliphatic heterocycles. The van der Waals surface area contributed by atoms with E-state index in [4.69, 9.17) is 4.74 Å². The predicted octanol–water partition coefficient (Wildman–Crippen LogP) is 5.03. The van der Waals surface area contributed by atoms with Crippen LogP contribution in [0.2, 0.25) is 0 Å². The lowest BCUT2D eigenvalue weighted by Crippen LogP contribution is -2.41. The lowest BCUT2D eigenvalue weighted by molar-refractivity contribution is -0.119. The largest absolute Gasteiger partial charge is 0.491 e. The number of carbonyl (C=O) groups is 1. The first-order valence-electron chi connectivity index (χ1n) is 11.8. The lowest BCUT2D eigenvalue weighted by atomic mass is 10.1. The van der Waals surface area contributed by atoms with Crippen LogP contribution < -0.4 is 14.4 Å². The van der Waals surface area contributed by atoms with Gasteiger partial charge < -0.3 is 10.1 Å². The zero-order chi connectivity index (χ0) is 25.4. The summed E-state index contributed by atoms with van der Waals surface area (Å²) in [5.74, 6) is 0.491. The minimum absolute atomic E-state index is 0.130. The van der Waals surface area contributed by atoms with Gasteiger partial charge in [0.05, 0.1) is 16.7 Å². The summed E-state index contributed by atoms with van der Waals surface area (Å²) in [4.78, 5) is 12.9. The third-order valence-electron chi connectivity index (χ3n) is 5.48. The van der Waals surface area contributed by atoms with Crippen molar-refractivity contribution in [3.63, 3.8) is 0 Å². The summed E-state index contributed by atoms with van der Waals surface area (Å²) in [7, 11) is -3.90. The molecule has 0 atom stereocenters. The number of nitrogens with one attached hydrogen (secondary N) is 1. The Balaban J connectivity index is 1.62. The molecular weight excluding hydrogens is 460 g/mol. The van der Waals surface area contributed by atoms with Gasteiger partial charge in [-0.3, -0.25) is 9.10 Å². The fourth-order valence-corrected chi connectivity index (χ4v) is 5.00. The van der Waals surface area contributed by atoms with Gasteiger partial charge in [-0.15, -0.1) is 0 Å². The molecule has 6 nitrogen and oxygen atoms in total. The van der Waals surface area contributed by atoms with Crippen LogP contribution in [0.1, 0.15) is 37.0 Å². The molecule has 0 aliphatic rings. The van der Waals surface area contributed by atoms with Crippen molar-refractivity contribution in [1.82, 2.24) is 5.32 Å². The fourth-order valence-electron chi connectivity index (χ4n) is 3.58. The normalized spacial score (nSPS) is 11.3. The molecule has 35 heavy (non-hydrogen) atoms. The van der Waals surface area contributed by atoms with E-state index in [2.05, 4.69) is 5.32 Å². The standard InChI is InChI=1S/C28H34N2O4S/c1-21(2)34-26-15-11-24(12-16-26)6-5-19-29-28(31)20-30(25-13-7-22(3)8-14-25)35(32,33)27-17-9-23(4)10-18-27/h7-18,21H,5-6,19-20H2,1-4H3,(H,29,31). The summed E-state index contributed by atoms with van der Waals surface area (Å²) in [6, 6.07) is 21.7. The summed E-state index contributed by atoms with van der Waals surface area (Å²) >= 11 is 0. The maximum Gasteiger partial charge on any atom is 0.264 e. The van der Waals surface area contributed by atoms with Crippen molar-refractivity contribution in [2.45, 2.75) is 51.5 Å². The Morgan fingerprint density at radius 1 is 0.886 bits per heavy atom. The van der Waals surface area contributed by atoms with E-state index in [1.54, 1.807) is 36.4 Å². The number of sulfonamides is 1. The summed E-state index contributed by atoms with van der Waals surface area (Å²) in [5, 5.41) is 2.86. The van der Waals surface area contributed by atoms with E-state index in [-0.39, 0.29) is 23.5 Å². The van der Waals surface area contributed by atoms with Gasteiger partial charge in [-0.2, -0.15) is 0 Å². The second-order valence-corrected chi connectivity index (χ2v) is 10.8. The van der Waals surface area contributed by atoms with Crippen LogP contribution in [0.5, 0.6) is 5.75 Å². The molecule has 3 aromatic rings. The number of ether oxygens (including phenoxy) is 1. The highest BCUT2D eigenvalue weighted by Gasteiger charge is 2.27. The van der Waals surface area contributed by atoms with Gasteiger partial charge in [0.15, 0.2) is 0 Å². The highest BCUT2D eigenvalue weighted by molar-refractivity contribution is 7.92. The van der Waals surface area contributed by atoms with Crippen LogP contribution in [-0.2, 0) is 21.2 Å². The third-order valence-corrected chi connectivity index (χ3v) is 7.27. The number of anilines is 1. The van der Waals surface area contributed by atoms with Gasteiger partial charge >= 0.3 is 0 Å². The maximum atomic E-state index is 13.4. The van der Waals surface area contributed by atoms with E-state index >= 15 is 0 Å². The van der Waals surface area contributed by atoms with Gasteiger partial charge in [0, 0.05) is 6.54 Å². The number of rotatable bonds is 11. The van der Waals surface area contributed by atoms with Crippen LogP contribution >= 0.6 is 0 Å². The van der Waals surface area contributed by atoms with Crippen molar-refractivity contribution >= 4 is 21.6 Å². The summed E-state index contributed by atoms with van der Waals surface area (Å²) in [6.45, 7) is 7.97. The van der Waals surface area contributed by atoms with Crippen molar-refractivity contribution < 1.29 is 17.9 Å². The molecule has 1 amide bonds. The first-order chi connectivity index (χ1) is 16.6. The SMILES string of the molecule is Cc1ccc(N(CC(=O)NCCCc2ccc(OC(C)C)cc2)S(=O)(=O)c2ccc(C)cc2)cc1. The Morgan fingerprint density at radius 3 is 2.03 bits per heavy atom. The molecule has 1 N–H and O–H groups in total. The molecule has 7 heteroatoms. The van der Waals surface area contributed by atoms with Crippen molar-refractivity contribution in [3.8, 4) is 5.75 Å². The van der Waals surface area contributed by atoms with Crippen LogP contribution in [0.25, 0.3) is 0 Å². The Kier molecular flexibility index (Phi) is 8.93. The maximum absolute atomic E-state index is 13.4. The molecule has 0 unspecified atom stereocenters. The van der Waals surface area contributed by atoms with E-state index in [9.17, 15) is 13.2 Å². The van der Waals surface area contributed by atoms with Gasteiger partial charge in [0.25, 0.3) is 10.0 Å². The first kappa shape index (κ1) is 26.3. The molecule has 0 aromatic heterocycles. The molecule has 3 aromatic carbocycles. The van der Waals surface area contributed by atoms with Crippen molar-refractivity contribution in [2.24, 2.45) is 0 Å². The highest BCUT2D eigenvalue weighted by atomic mass is 32.2. The third kappa shape index (κ3) is 7.59. The number of amides is 1. The number of aryl methyl sites for hydroxylation is 3. The Bertz CT molecular complexity index is 1200. The number of hydrogen-bond donors (Lipinski definition) is 1. The zero-order valence-corrected chi connectivity index (χ0v) is 21.6. The molecule has 0 heterocycles. The Hall–Kier alpha value is -3.32. The number of nitrogens with zero attached hydrogens (tertiary/aromatic N) is 1. The van der Waals surface area contributed by atoms with Crippen molar-refractivity contribution in [2.75, 3.05) is 17.4 Å². The molecule has 186 valence electrons. The van der Waals surface area contributed by atoms with Gasteiger partial charge in [-0.05, 0) is 82.5 Å². The number of carbonyl (C=O) groups excluding carboxylic acids is 1. The van der Waals surface area contributed by atoms with Crippen molar-refractivity contribution in [3.05, 3.63) is 89.5 Å². The van der Waals surface area contributed by atoms with Gasteiger partial charge in [-0.25, -0.2) is 8.42 Å². The first-order valence-corrected chi connectivity index (χ1v) is 13.3. The molecule has 3 rings (SSSR count). The second-order valence-electron chi connectivity index (χ2n) is 8.92. The Morgan fingerprint density at radius 2 is 1.46 bits per heavy atom. The number of hydrogen-bond acceptors (Lipinski definition) is 4. The summed E-state index contributed by atoms with van der Waals surface area (Å²) in [6.07, 6.45) is 1.67. The van der Waals surface area contributed by atoms with Crippen LogP contribution in [0, 0.1) is 13.8 Å². The molecular formula is C28H34N2O4S. The summed E-state index contributed by atoms with van der Waals surface area (Å²) < 4.78 is 33.6. The van der Waals surface area contributed by atoms with Crippen molar-refractivity contribution in [1.29, 1.82) is 0 Å². The molecule has 0 fully saturated rings. The average Bonchev–Trinajstić information content (AvgIpc) is 2.82. The van der Waals surface area contributed by atoms with E-state index in [1.165, 1.54) is 4.31 Å². The molecule has 0 spiro atoms. The molecule has 0 radical (unpaired) electrons. The fraction of sp³-hybridized carbons (Fsp3) is 0.321. The van der Waals surface area contributed by atoms with E-state index in [1.807, 2.05) is 64.1 Å². The van der Waals surface area contributed by atoms with Crippen LogP contribution in [0.3, 0.4) is 0 Å². The molecule has 0 bridgehead atoms. The highest BCUT2D eigenvalue weighted by Crippen LogP contribution is 2.24. The Labute approximate surface area is 209 Å². The zero-order valence-electron chi connectivity index (χ0n) is 20.8. The van der Waals surface area contributed by atoms with E-state index < -0.39 is 10.0 Å². The van der Waals surface area contributed by atoms with Crippen LogP contribution in [0.15, 0.2) is 77.7 Å². The summed E-state index contributed by atoms with van der Waals surface area (Å²) in [5.41, 5.74) is 3.58. The molecule has 0 saturated carbocycles. The number of benzene rings is 3. The van der Waals surface area contributed by atoms with Gasteiger partial charge in [-0.1, -0.05) is 47.5 Å². The van der Waals surface area contributed by atoms with Crippen LogP contribution in [0.4, 0.5) is 5.69 Å². The second kappa shape index (κ2) is 11.9. The minimum atomic E-state index is -3.90. The lowest BCUT2D eigenvalue weighted by Gasteiger charge is -2.24. The molecule has 0 aliphatic carbocycles. The smallest absolute Gasteiger partial charge is 0.264 e. The monoisotopic (exact) mass is 494 g/mol. The quantitative estimate of drug-likeness (QED) is 0.379. The predicted molar refractivity (Wildman–Crippen MR) is 140 cm³/mol. The van der Waals surface area contributed by atoms with E-state index in [0.717, 1.165) is 35.3 Å². The average molecular weight is 495 g/mol. The van der Waals surface area contributed by atoms with E-state index in [0.29, 0.717) is 12.2 Å². The van der Waals surface area contributed by atoms with Crippen LogP contribution in [-0.4, -0.2) is 33.5 Å². The molecule has 0 saturated heterocycles. The van der Waals surface area contributed by atoms with Gasteiger partial charge in [0.2, 0.25) is 5.91 Å². The topological polar surface area (TPSA) is 75.7 Å².